The van der Waals surface area contributed by atoms with Crippen LogP contribution in [0.1, 0.15) is 50.2 Å². The zero-order chi connectivity index (χ0) is 23.1. The lowest BCUT2D eigenvalue weighted by Gasteiger charge is -2.35. The Labute approximate surface area is 187 Å². The summed E-state index contributed by atoms with van der Waals surface area (Å²) in [5.74, 6) is -2.17. The number of rotatable bonds is 7. The molecule has 1 atom stereocenters. The number of ether oxygens (including phenoxy) is 2. The van der Waals surface area contributed by atoms with Crippen molar-refractivity contribution in [2.45, 2.75) is 51.7 Å². The summed E-state index contributed by atoms with van der Waals surface area (Å²) < 4.78 is 38.4. The number of hydrogen-bond acceptors (Lipinski definition) is 4. The third kappa shape index (κ3) is 6.77. The molecular formula is C25H29F2NO4. The molecule has 1 aliphatic heterocycles. The molecule has 1 saturated heterocycles. The van der Waals surface area contributed by atoms with E-state index in [4.69, 9.17) is 9.47 Å². The minimum absolute atomic E-state index is 0.0194. The van der Waals surface area contributed by atoms with Crippen molar-refractivity contribution in [2.75, 3.05) is 13.1 Å². The van der Waals surface area contributed by atoms with Gasteiger partial charge in [-0.3, -0.25) is 4.79 Å². The third-order valence-corrected chi connectivity index (χ3v) is 5.64. The predicted molar refractivity (Wildman–Crippen MR) is 116 cm³/mol. The monoisotopic (exact) mass is 445 g/mol. The second-order valence-electron chi connectivity index (χ2n) is 8.42. The van der Waals surface area contributed by atoms with Gasteiger partial charge in [-0.25, -0.2) is 13.6 Å². The van der Waals surface area contributed by atoms with Gasteiger partial charge in [-0.2, -0.15) is 0 Å². The summed E-state index contributed by atoms with van der Waals surface area (Å²) in [6.45, 7) is 4.62. The van der Waals surface area contributed by atoms with Crippen LogP contribution in [0.2, 0.25) is 0 Å². The molecule has 172 valence electrons. The molecule has 1 fully saturated rings. The highest BCUT2D eigenvalue weighted by molar-refractivity contribution is 5.71. The molecule has 1 aliphatic rings. The first-order valence-corrected chi connectivity index (χ1v) is 10.9. The van der Waals surface area contributed by atoms with Crippen LogP contribution in [0.25, 0.3) is 0 Å². The molecule has 0 bridgehead atoms. The van der Waals surface area contributed by atoms with Crippen molar-refractivity contribution >= 4 is 12.1 Å². The molecule has 7 heteroatoms. The molecule has 1 amide bonds. The fourth-order valence-electron chi connectivity index (χ4n) is 4.13. The van der Waals surface area contributed by atoms with Crippen molar-refractivity contribution in [1.29, 1.82) is 0 Å². The molecule has 2 aromatic carbocycles. The number of nitrogens with zero attached hydrogens (tertiary/aromatic N) is 1. The van der Waals surface area contributed by atoms with Gasteiger partial charge < -0.3 is 14.4 Å². The van der Waals surface area contributed by atoms with Crippen LogP contribution in [-0.2, 0) is 20.9 Å². The van der Waals surface area contributed by atoms with Crippen molar-refractivity contribution in [3.05, 3.63) is 71.3 Å². The molecule has 0 aliphatic carbocycles. The Morgan fingerprint density at radius 3 is 2.25 bits per heavy atom. The first-order valence-electron chi connectivity index (χ1n) is 10.9. The molecule has 2 aromatic rings. The fourth-order valence-corrected chi connectivity index (χ4v) is 4.13. The number of hydrogen-bond donors (Lipinski definition) is 0. The van der Waals surface area contributed by atoms with Gasteiger partial charge in [0.05, 0.1) is 12.5 Å². The molecule has 3 rings (SSSR count). The first kappa shape index (κ1) is 23.7. The van der Waals surface area contributed by atoms with Gasteiger partial charge in [0.1, 0.15) is 18.2 Å². The number of amides is 1. The molecule has 0 aromatic heterocycles. The van der Waals surface area contributed by atoms with Crippen LogP contribution in [0.15, 0.2) is 48.5 Å². The van der Waals surface area contributed by atoms with Gasteiger partial charge in [-0.05, 0) is 61.8 Å². The van der Waals surface area contributed by atoms with Crippen molar-refractivity contribution < 1.29 is 27.8 Å². The number of carbonyl (C=O) groups is 2. The summed E-state index contributed by atoms with van der Waals surface area (Å²) in [6.07, 6.45) is 0.564. The highest BCUT2D eigenvalue weighted by atomic mass is 19.1. The first-order chi connectivity index (χ1) is 15.3. The molecule has 0 N–H and O–H groups in total. The molecule has 0 unspecified atom stereocenters. The zero-order valence-corrected chi connectivity index (χ0v) is 18.4. The Morgan fingerprint density at radius 2 is 1.66 bits per heavy atom. The Hall–Kier alpha value is -2.96. The highest BCUT2D eigenvalue weighted by Crippen LogP contribution is 2.36. The number of piperidine rings is 1. The molecular weight excluding hydrogens is 416 g/mol. The topological polar surface area (TPSA) is 55.8 Å². The molecule has 0 saturated carbocycles. The lowest BCUT2D eigenvalue weighted by Crippen LogP contribution is -2.40. The van der Waals surface area contributed by atoms with Crippen LogP contribution in [0.5, 0.6) is 0 Å². The summed E-state index contributed by atoms with van der Waals surface area (Å²) in [7, 11) is 0. The van der Waals surface area contributed by atoms with E-state index in [9.17, 15) is 18.4 Å². The van der Waals surface area contributed by atoms with Crippen molar-refractivity contribution in [2.24, 2.45) is 5.92 Å². The van der Waals surface area contributed by atoms with Gasteiger partial charge in [0, 0.05) is 19.2 Å². The van der Waals surface area contributed by atoms with E-state index in [0.29, 0.717) is 31.5 Å². The van der Waals surface area contributed by atoms with Crippen LogP contribution in [0, 0.1) is 17.6 Å². The Morgan fingerprint density at radius 1 is 1.03 bits per heavy atom. The van der Waals surface area contributed by atoms with Gasteiger partial charge in [-0.1, -0.05) is 30.3 Å². The van der Waals surface area contributed by atoms with E-state index in [0.717, 1.165) is 11.6 Å². The van der Waals surface area contributed by atoms with Crippen LogP contribution >= 0.6 is 0 Å². The van der Waals surface area contributed by atoms with E-state index < -0.39 is 23.5 Å². The Bertz CT molecular complexity index is 891. The average Bonchev–Trinajstić information content (AvgIpc) is 2.75. The highest BCUT2D eigenvalue weighted by Gasteiger charge is 2.32. The predicted octanol–water partition coefficient (Wildman–Crippen LogP) is 5.44. The maximum atomic E-state index is 13.9. The van der Waals surface area contributed by atoms with Crippen molar-refractivity contribution in [3.63, 3.8) is 0 Å². The summed E-state index contributed by atoms with van der Waals surface area (Å²) in [6, 6.07) is 12.8. The zero-order valence-electron chi connectivity index (χ0n) is 18.4. The normalized spacial score (nSPS) is 15.5. The van der Waals surface area contributed by atoms with Crippen molar-refractivity contribution in [1.82, 2.24) is 4.90 Å². The Kier molecular flexibility index (Phi) is 8.20. The van der Waals surface area contributed by atoms with Crippen LogP contribution in [0.3, 0.4) is 0 Å². The van der Waals surface area contributed by atoms with E-state index in [-0.39, 0.29) is 31.1 Å². The standard InChI is InChI=1S/C25H29F2NO4/c1-17(2)32-24(29)15-23(20-12-21(26)14-22(27)13-20)19-8-10-28(11-9-19)25(30)31-16-18-6-4-3-5-7-18/h3-7,12-14,17,19,23H,8-11,15-16H2,1-2H3/t23-/m1/s1. The van der Waals surface area contributed by atoms with Gasteiger partial charge in [-0.15, -0.1) is 0 Å². The van der Waals surface area contributed by atoms with Crippen LogP contribution in [-0.4, -0.2) is 36.2 Å². The van der Waals surface area contributed by atoms with Crippen LogP contribution < -0.4 is 0 Å². The van der Waals surface area contributed by atoms with E-state index in [1.807, 2.05) is 30.3 Å². The van der Waals surface area contributed by atoms with Crippen LogP contribution in [0.4, 0.5) is 13.6 Å². The maximum Gasteiger partial charge on any atom is 0.410 e. The SMILES string of the molecule is CC(C)OC(=O)C[C@@H](c1cc(F)cc(F)c1)C1CCN(C(=O)OCc2ccccc2)CC1. The second-order valence-corrected chi connectivity index (χ2v) is 8.42. The maximum absolute atomic E-state index is 13.9. The largest absolute Gasteiger partial charge is 0.463 e. The number of halogens is 2. The minimum Gasteiger partial charge on any atom is -0.463 e. The number of carbonyl (C=O) groups excluding carboxylic acids is 2. The number of esters is 1. The quantitative estimate of drug-likeness (QED) is 0.533. The van der Waals surface area contributed by atoms with Gasteiger partial charge in [0.15, 0.2) is 0 Å². The number of benzene rings is 2. The van der Waals surface area contributed by atoms with E-state index in [1.54, 1.807) is 18.7 Å². The van der Waals surface area contributed by atoms with Gasteiger partial charge >= 0.3 is 12.1 Å². The lowest BCUT2D eigenvalue weighted by molar-refractivity contribution is -0.148. The van der Waals surface area contributed by atoms with E-state index >= 15 is 0 Å². The summed E-state index contributed by atoms with van der Waals surface area (Å²) >= 11 is 0. The third-order valence-electron chi connectivity index (χ3n) is 5.64. The number of likely N-dealkylation sites (tertiary alicyclic amines) is 1. The summed E-state index contributed by atoms with van der Waals surface area (Å²) in [5, 5.41) is 0. The smallest absolute Gasteiger partial charge is 0.410 e. The van der Waals surface area contributed by atoms with E-state index in [1.165, 1.54) is 12.1 Å². The molecule has 0 radical (unpaired) electrons. The molecule has 0 spiro atoms. The fraction of sp³-hybridized carbons (Fsp3) is 0.440. The summed E-state index contributed by atoms with van der Waals surface area (Å²) in [4.78, 5) is 26.4. The van der Waals surface area contributed by atoms with Gasteiger partial charge in [0.25, 0.3) is 0 Å². The minimum atomic E-state index is -0.677. The molecule has 5 nitrogen and oxygen atoms in total. The molecule has 1 heterocycles. The second kappa shape index (κ2) is 11.1. The van der Waals surface area contributed by atoms with E-state index in [2.05, 4.69) is 0 Å². The van der Waals surface area contributed by atoms with Gasteiger partial charge in [0.2, 0.25) is 0 Å². The summed E-state index contributed by atoms with van der Waals surface area (Å²) in [5.41, 5.74) is 1.35. The van der Waals surface area contributed by atoms with Crippen molar-refractivity contribution in [3.8, 4) is 0 Å². The lowest BCUT2D eigenvalue weighted by atomic mass is 9.78. The average molecular weight is 446 g/mol. The molecule has 32 heavy (non-hydrogen) atoms. The Balaban J connectivity index is 1.63.